The van der Waals surface area contributed by atoms with E-state index in [2.05, 4.69) is 15.8 Å². The van der Waals surface area contributed by atoms with Gasteiger partial charge in [-0.15, -0.1) is 23.1 Å². The van der Waals surface area contributed by atoms with Crippen molar-refractivity contribution in [3.8, 4) is 0 Å². The van der Waals surface area contributed by atoms with Crippen LogP contribution < -0.4 is 10.6 Å². The van der Waals surface area contributed by atoms with Gasteiger partial charge in [-0.05, 0) is 27.8 Å². The molecule has 2 saturated heterocycles. The fourth-order valence-corrected chi connectivity index (χ4v) is 10.4. The molecule has 3 amide bonds. The number of nitrogens with one attached hydrogen (secondary N) is 2. The van der Waals surface area contributed by atoms with Crippen LogP contribution in [0.3, 0.4) is 0 Å². The zero-order valence-electron chi connectivity index (χ0n) is 35.4. The third kappa shape index (κ3) is 8.90. The summed E-state index contributed by atoms with van der Waals surface area (Å²) < 4.78 is 17.3. The van der Waals surface area contributed by atoms with E-state index in [0.29, 0.717) is 48.1 Å². The molecular weight excluding hydrogens is 877 g/mol. The Morgan fingerprint density at radius 2 is 1.33 bits per heavy atom. The van der Waals surface area contributed by atoms with Gasteiger partial charge in [0.1, 0.15) is 35.0 Å². The molecule has 334 valence electrons. The zero-order chi connectivity index (χ0) is 45.5. The highest BCUT2D eigenvalue weighted by molar-refractivity contribution is 8.00. The smallest absolute Gasteiger partial charge is 0.410 e. The first-order chi connectivity index (χ1) is 32.4. The maximum absolute atomic E-state index is 14.5. The maximum Gasteiger partial charge on any atom is 0.410 e. The van der Waals surface area contributed by atoms with Crippen LogP contribution in [0.15, 0.2) is 173 Å². The largest absolute Gasteiger partial charge is 0.448 e. The van der Waals surface area contributed by atoms with Crippen LogP contribution in [-0.4, -0.2) is 99.7 Å². The number of carbonyl (C=O) groups excluding carboxylic acids is 4. The molecule has 1 aromatic heterocycles. The zero-order valence-corrected chi connectivity index (χ0v) is 37.0. The average molecular weight is 921 g/mol. The van der Waals surface area contributed by atoms with Crippen molar-refractivity contribution < 1.29 is 38.6 Å². The standard InChI is InChI=1S/C50H44N6O8S2/c57-44(40(54-61)39-32-66-48(51-39)53-50(36-20-10-3-11-21-36,37-22-12-4-13-23-37)38-24-14-5-15-25-38)52-41-45(58)56-42(35(31-65-46(41)56)30-63-49(60)55-26-28-62-29-27-55)47(59)64-43(33-16-6-1-7-17-33)34-18-8-2-9-19-34/h1-25,32,41,43,46,61H,26-31H2,(H,51,53)(H,52,57)/b54-40-/t41-,46-/m1/s1. The van der Waals surface area contributed by atoms with Crippen LogP contribution in [0.5, 0.6) is 0 Å². The second kappa shape index (κ2) is 19.9. The van der Waals surface area contributed by atoms with Crippen molar-refractivity contribution in [1.82, 2.24) is 20.1 Å². The van der Waals surface area contributed by atoms with Gasteiger partial charge >= 0.3 is 12.1 Å². The van der Waals surface area contributed by atoms with Gasteiger partial charge < -0.3 is 35.0 Å². The van der Waals surface area contributed by atoms with Gasteiger partial charge in [0.25, 0.3) is 11.8 Å². The Kier molecular flexibility index (Phi) is 13.2. The van der Waals surface area contributed by atoms with Crippen molar-refractivity contribution in [2.45, 2.75) is 23.1 Å². The van der Waals surface area contributed by atoms with Crippen molar-refractivity contribution in [1.29, 1.82) is 0 Å². The molecule has 0 radical (unpaired) electrons. The van der Waals surface area contributed by atoms with Crippen molar-refractivity contribution >= 4 is 57.8 Å². The van der Waals surface area contributed by atoms with E-state index in [1.54, 1.807) is 5.38 Å². The predicted octanol–water partition coefficient (Wildman–Crippen LogP) is 7.18. The van der Waals surface area contributed by atoms with Crippen LogP contribution in [0.25, 0.3) is 0 Å². The second-order valence-corrected chi connectivity index (χ2v) is 17.5. The molecule has 66 heavy (non-hydrogen) atoms. The van der Waals surface area contributed by atoms with Crippen molar-refractivity contribution in [2.24, 2.45) is 5.16 Å². The number of esters is 1. The Labute approximate surface area is 388 Å². The Morgan fingerprint density at radius 3 is 1.86 bits per heavy atom. The fraction of sp³-hybridized carbons (Fsp3) is 0.200. The highest BCUT2D eigenvalue weighted by Gasteiger charge is 2.55. The highest BCUT2D eigenvalue weighted by Crippen LogP contribution is 2.43. The fourth-order valence-electron chi connectivity index (χ4n) is 8.32. The summed E-state index contributed by atoms with van der Waals surface area (Å²) in [5.41, 5.74) is 3.31. The van der Waals surface area contributed by atoms with Gasteiger partial charge in [0.2, 0.25) is 0 Å². The Bertz CT molecular complexity index is 2600. The number of nitrogens with zero attached hydrogens (tertiary/aromatic N) is 4. The van der Waals surface area contributed by atoms with Crippen molar-refractivity contribution in [3.05, 3.63) is 202 Å². The topological polar surface area (TPSA) is 172 Å². The number of thiazole rings is 1. The molecule has 16 heteroatoms. The van der Waals surface area contributed by atoms with E-state index in [9.17, 15) is 24.4 Å². The highest BCUT2D eigenvalue weighted by atomic mass is 32.2. The van der Waals surface area contributed by atoms with Gasteiger partial charge in [0.15, 0.2) is 16.9 Å². The number of benzene rings is 5. The molecule has 0 saturated carbocycles. The molecule has 3 aliphatic rings. The minimum absolute atomic E-state index is 0.0640. The van der Waals surface area contributed by atoms with Crippen LogP contribution in [0, 0.1) is 0 Å². The molecule has 14 nitrogen and oxygen atoms in total. The van der Waals surface area contributed by atoms with E-state index in [1.165, 1.54) is 32.9 Å². The molecule has 0 unspecified atom stereocenters. The van der Waals surface area contributed by atoms with Crippen LogP contribution in [0.2, 0.25) is 0 Å². The summed E-state index contributed by atoms with van der Waals surface area (Å²) in [4.78, 5) is 63.3. The summed E-state index contributed by atoms with van der Waals surface area (Å²) in [5.74, 6) is -2.07. The second-order valence-electron chi connectivity index (χ2n) is 15.5. The molecule has 3 aliphatic heterocycles. The first-order valence-corrected chi connectivity index (χ1v) is 23.2. The van der Waals surface area contributed by atoms with E-state index in [4.69, 9.17) is 19.2 Å². The van der Waals surface area contributed by atoms with E-state index in [1.807, 2.05) is 152 Å². The lowest BCUT2D eigenvalue weighted by Gasteiger charge is -2.49. The van der Waals surface area contributed by atoms with Gasteiger partial charge in [-0.25, -0.2) is 14.6 Å². The van der Waals surface area contributed by atoms with Gasteiger partial charge in [0.05, 0.1) is 13.2 Å². The van der Waals surface area contributed by atoms with Gasteiger partial charge in [-0.2, -0.15) is 0 Å². The number of fused-ring (bicyclic) bond motifs is 1. The van der Waals surface area contributed by atoms with Crippen molar-refractivity contribution in [3.63, 3.8) is 0 Å². The van der Waals surface area contributed by atoms with E-state index < -0.39 is 52.6 Å². The summed E-state index contributed by atoms with van der Waals surface area (Å²) in [7, 11) is 0. The van der Waals surface area contributed by atoms with Gasteiger partial charge in [-0.3, -0.25) is 14.5 Å². The molecule has 0 aliphatic carbocycles. The molecule has 3 N–H and O–H groups in total. The third-order valence-electron chi connectivity index (χ3n) is 11.6. The summed E-state index contributed by atoms with van der Waals surface area (Å²) in [6, 6.07) is 47.2. The molecule has 4 heterocycles. The first-order valence-electron chi connectivity index (χ1n) is 21.3. The molecule has 6 aromatic rings. The minimum Gasteiger partial charge on any atom is -0.448 e. The van der Waals surface area contributed by atoms with Crippen LogP contribution in [-0.2, 0) is 34.1 Å². The quantitative estimate of drug-likeness (QED) is 0.0253. The monoisotopic (exact) mass is 920 g/mol. The molecular formula is C50H44N6O8S2. The SMILES string of the molecule is O=C(OC(c1ccccc1)c1ccccc1)C1=C(COC(=O)N2CCOCC2)CS[C@@H]2[C@H](NC(=O)/C(=N\O)c3csc(NC(c4ccccc4)(c4ccccc4)c4ccccc4)n3)C(=O)N12. The number of ether oxygens (including phenoxy) is 3. The lowest BCUT2D eigenvalue weighted by atomic mass is 9.77. The Balaban J connectivity index is 0.964. The normalized spacial score (nSPS) is 17.4. The van der Waals surface area contributed by atoms with E-state index in [-0.39, 0.29) is 23.8 Å². The maximum atomic E-state index is 14.5. The number of hydrogen-bond acceptors (Lipinski definition) is 13. The van der Waals surface area contributed by atoms with Crippen LogP contribution in [0.4, 0.5) is 9.93 Å². The number of carbonyl (C=O) groups is 4. The molecule has 2 atom stereocenters. The number of morpholine rings is 1. The Morgan fingerprint density at radius 1 is 0.803 bits per heavy atom. The van der Waals surface area contributed by atoms with Crippen LogP contribution in [0.1, 0.15) is 39.6 Å². The van der Waals surface area contributed by atoms with Gasteiger partial charge in [0, 0.05) is 29.8 Å². The van der Waals surface area contributed by atoms with E-state index >= 15 is 0 Å². The number of β-lactam (4-membered cyclic amide) rings is 1. The van der Waals surface area contributed by atoms with Crippen LogP contribution >= 0.6 is 23.1 Å². The third-order valence-corrected chi connectivity index (χ3v) is 13.7. The molecule has 2 fully saturated rings. The number of amides is 3. The number of aromatic nitrogens is 1. The molecule has 0 spiro atoms. The molecule has 9 rings (SSSR count). The number of oxime groups is 1. The molecule has 0 bridgehead atoms. The van der Waals surface area contributed by atoms with E-state index in [0.717, 1.165) is 16.7 Å². The first kappa shape index (κ1) is 44.0. The number of hydrogen-bond donors (Lipinski definition) is 3. The van der Waals surface area contributed by atoms with Crippen molar-refractivity contribution in [2.75, 3.05) is 44.0 Å². The Hall–Kier alpha value is -7.27. The summed E-state index contributed by atoms with van der Waals surface area (Å²) in [5, 5.41) is 21.3. The molecule has 5 aromatic carbocycles. The number of rotatable bonds is 14. The summed E-state index contributed by atoms with van der Waals surface area (Å²) in [6.45, 7) is 1.20. The average Bonchev–Trinajstić information content (AvgIpc) is 3.84. The lowest BCUT2D eigenvalue weighted by molar-refractivity contribution is -0.154. The summed E-state index contributed by atoms with van der Waals surface area (Å²) >= 11 is 2.51. The number of thioether (sulfide) groups is 1. The lowest BCUT2D eigenvalue weighted by Crippen LogP contribution is -2.71. The predicted molar refractivity (Wildman–Crippen MR) is 250 cm³/mol. The summed E-state index contributed by atoms with van der Waals surface area (Å²) in [6.07, 6.45) is -1.40. The number of anilines is 1. The van der Waals surface area contributed by atoms with Gasteiger partial charge in [-0.1, -0.05) is 157 Å². The minimum atomic E-state index is -1.11.